The van der Waals surface area contributed by atoms with E-state index in [1.807, 2.05) is 18.2 Å². The molecule has 0 bridgehead atoms. The van der Waals surface area contributed by atoms with E-state index in [-0.39, 0.29) is 11.4 Å². The van der Waals surface area contributed by atoms with Crippen LogP contribution in [0.25, 0.3) is 0 Å². The number of aromatic nitrogens is 2. The fourth-order valence-corrected chi connectivity index (χ4v) is 2.00. The van der Waals surface area contributed by atoms with Crippen LogP contribution in [0.3, 0.4) is 0 Å². The van der Waals surface area contributed by atoms with Crippen molar-refractivity contribution in [1.29, 1.82) is 0 Å². The van der Waals surface area contributed by atoms with Crippen molar-refractivity contribution in [3.63, 3.8) is 0 Å². The van der Waals surface area contributed by atoms with Crippen LogP contribution in [0.4, 0.5) is 5.69 Å². The first kappa shape index (κ1) is 13.5. The van der Waals surface area contributed by atoms with Crippen molar-refractivity contribution in [3.05, 3.63) is 56.9 Å². The predicted molar refractivity (Wildman–Crippen MR) is 70.0 cm³/mol. The van der Waals surface area contributed by atoms with Crippen LogP contribution in [0, 0.1) is 10.1 Å². The number of aryl methyl sites for hydroxylation is 2. The normalized spacial score (nSPS) is 10.6. The first-order valence-electron chi connectivity index (χ1n) is 5.67. The van der Waals surface area contributed by atoms with Gasteiger partial charge in [-0.25, -0.2) is 0 Å². The molecule has 100 valence electrons. The highest BCUT2D eigenvalue weighted by Gasteiger charge is 2.18. The van der Waals surface area contributed by atoms with Gasteiger partial charge in [-0.15, -0.1) is 0 Å². The second-order valence-electron chi connectivity index (χ2n) is 3.98. The molecule has 0 radical (unpaired) electrons. The minimum Gasteiger partial charge on any atom is -0.390 e. The molecule has 0 atom stereocenters. The average molecular weight is 282 g/mol. The van der Waals surface area contributed by atoms with E-state index in [2.05, 4.69) is 5.10 Å². The van der Waals surface area contributed by atoms with Crippen molar-refractivity contribution >= 4 is 17.3 Å². The maximum Gasteiger partial charge on any atom is 0.312 e. The molecule has 1 aromatic carbocycles. The van der Waals surface area contributed by atoms with Crippen LogP contribution >= 0.6 is 11.6 Å². The van der Waals surface area contributed by atoms with E-state index >= 15 is 0 Å². The van der Waals surface area contributed by atoms with Gasteiger partial charge in [0.15, 0.2) is 5.69 Å². The molecule has 0 saturated heterocycles. The summed E-state index contributed by atoms with van der Waals surface area (Å²) >= 11 is 6.03. The third kappa shape index (κ3) is 3.10. The Balaban J connectivity index is 2.12. The summed E-state index contributed by atoms with van der Waals surface area (Å²) in [5, 5.41) is 24.4. The van der Waals surface area contributed by atoms with Crippen LogP contribution in [0.2, 0.25) is 5.02 Å². The zero-order valence-corrected chi connectivity index (χ0v) is 10.7. The summed E-state index contributed by atoms with van der Waals surface area (Å²) in [6.07, 6.45) is 1.94. The smallest absolute Gasteiger partial charge is 0.312 e. The largest absolute Gasteiger partial charge is 0.390 e. The Morgan fingerprint density at radius 1 is 1.42 bits per heavy atom. The molecule has 7 heteroatoms. The first-order chi connectivity index (χ1) is 9.11. The molecule has 19 heavy (non-hydrogen) atoms. The second kappa shape index (κ2) is 5.81. The molecule has 0 saturated carbocycles. The summed E-state index contributed by atoms with van der Waals surface area (Å²) in [7, 11) is 0. The zero-order valence-electron chi connectivity index (χ0n) is 9.99. The molecule has 1 N–H and O–H groups in total. The van der Waals surface area contributed by atoms with Crippen LogP contribution in [0.1, 0.15) is 11.3 Å². The molecule has 2 aromatic rings. The third-order valence-electron chi connectivity index (χ3n) is 2.73. The highest BCUT2D eigenvalue weighted by molar-refractivity contribution is 6.31. The fraction of sp³-hybridized carbons (Fsp3) is 0.250. The molecular weight excluding hydrogens is 270 g/mol. The van der Waals surface area contributed by atoms with Gasteiger partial charge >= 0.3 is 5.69 Å². The zero-order chi connectivity index (χ0) is 13.8. The van der Waals surface area contributed by atoms with Gasteiger partial charge < -0.3 is 5.11 Å². The molecule has 0 aliphatic carbocycles. The van der Waals surface area contributed by atoms with Gasteiger partial charge in [-0.3, -0.25) is 14.8 Å². The van der Waals surface area contributed by atoms with Crippen LogP contribution < -0.4 is 0 Å². The number of benzene rings is 1. The van der Waals surface area contributed by atoms with Gasteiger partial charge in [-0.2, -0.15) is 5.10 Å². The Morgan fingerprint density at radius 2 is 2.16 bits per heavy atom. The number of halogens is 1. The standard InChI is InChI=1S/C12H12ClN3O3/c13-10-4-2-1-3-9(10)5-6-15-7-12(16(18)19)11(8-17)14-15/h1-4,7,17H,5-6,8H2. The summed E-state index contributed by atoms with van der Waals surface area (Å²) in [4.78, 5) is 10.2. The van der Waals surface area contributed by atoms with Crippen LogP contribution in [0.5, 0.6) is 0 Å². The van der Waals surface area contributed by atoms with Crippen LogP contribution in [0.15, 0.2) is 30.5 Å². The number of nitro groups is 1. The molecule has 0 unspecified atom stereocenters. The minimum atomic E-state index is -0.551. The van der Waals surface area contributed by atoms with Gasteiger partial charge in [0.1, 0.15) is 6.20 Å². The number of hydrogen-bond acceptors (Lipinski definition) is 4. The summed E-state index contributed by atoms with van der Waals surface area (Å²) in [6.45, 7) is 0.0139. The lowest BCUT2D eigenvalue weighted by Crippen LogP contribution is -2.03. The van der Waals surface area contributed by atoms with E-state index in [9.17, 15) is 10.1 Å². The summed E-state index contributed by atoms with van der Waals surface area (Å²) in [5.41, 5.74) is 0.860. The fourth-order valence-electron chi connectivity index (χ4n) is 1.77. The van der Waals surface area contributed by atoms with Crippen molar-refractivity contribution < 1.29 is 10.0 Å². The van der Waals surface area contributed by atoms with E-state index in [1.165, 1.54) is 10.9 Å². The molecule has 1 heterocycles. The number of nitrogens with zero attached hydrogens (tertiary/aromatic N) is 3. The molecule has 0 fully saturated rings. The third-order valence-corrected chi connectivity index (χ3v) is 3.10. The molecule has 6 nitrogen and oxygen atoms in total. The van der Waals surface area contributed by atoms with E-state index in [0.717, 1.165) is 5.56 Å². The monoisotopic (exact) mass is 281 g/mol. The van der Waals surface area contributed by atoms with Gasteiger partial charge in [-0.1, -0.05) is 29.8 Å². The Hall–Kier alpha value is -1.92. The Morgan fingerprint density at radius 3 is 2.74 bits per heavy atom. The maximum atomic E-state index is 10.7. The van der Waals surface area contributed by atoms with E-state index in [4.69, 9.17) is 16.7 Å². The molecule has 0 aliphatic heterocycles. The van der Waals surface area contributed by atoms with Gasteiger partial charge in [0.2, 0.25) is 0 Å². The average Bonchev–Trinajstić information content (AvgIpc) is 2.81. The van der Waals surface area contributed by atoms with Gasteiger partial charge in [0, 0.05) is 11.6 Å². The maximum absolute atomic E-state index is 10.7. The van der Waals surface area contributed by atoms with Crippen LogP contribution in [-0.2, 0) is 19.6 Å². The lowest BCUT2D eigenvalue weighted by molar-refractivity contribution is -0.385. The Kier molecular flexibility index (Phi) is 4.13. The van der Waals surface area contributed by atoms with Crippen molar-refractivity contribution in [2.24, 2.45) is 0 Å². The van der Waals surface area contributed by atoms with Gasteiger partial charge in [0.25, 0.3) is 0 Å². The van der Waals surface area contributed by atoms with Crippen molar-refractivity contribution in [2.75, 3.05) is 0 Å². The number of aliphatic hydroxyl groups excluding tert-OH is 1. The molecular formula is C12H12ClN3O3. The molecule has 1 aromatic heterocycles. The van der Waals surface area contributed by atoms with Crippen LogP contribution in [-0.4, -0.2) is 19.8 Å². The quantitative estimate of drug-likeness (QED) is 0.673. The minimum absolute atomic E-state index is 0.0733. The summed E-state index contributed by atoms with van der Waals surface area (Å²) in [6, 6.07) is 7.41. The highest BCUT2D eigenvalue weighted by Crippen LogP contribution is 2.19. The summed E-state index contributed by atoms with van der Waals surface area (Å²) in [5.74, 6) is 0. The predicted octanol–water partition coefficient (Wildman–Crippen LogP) is 2.18. The Labute approximate surface area is 114 Å². The van der Waals surface area contributed by atoms with Crippen molar-refractivity contribution in [2.45, 2.75) is 19.6 Å². The van der Waals surface area contributed by atoms with Crippen molar-refractivity contribution in [1.82, 2.24) is 9.78 Å². The van der Waals surface area contributed by atoms with Crippen molar-refractivity contribution in [3.8, 4) is 0 Å². The first-order valence-corrected chi connectivity index (χ1v) is 6.04. The number of rotatable bonds is 5. The van der Waals surface area contributed by atoms with E-state index in [0.29, 0.717) is 18.0 Å². The second-order valence-corrected chi connectivity index (χ2v) is 4.39. The number of aliphatic hydroxyl groups is 1. The lowest BCUT2D eigenvalue weighted by atomic mass is 10.1. The highest BCUT2D eigenvalue weighted by atomic mass is 35.5. The van der Waals surface area contributed by atoms with Gasteiger partial charge in [-0.05, 0) is 18.1 Å². The Bertz CT molecular complexity index is 598. The van der Waals surface area contributed by atoms with E-state index < -0.39 is 11.5 Å². The topological polar surface area (TPSA) is 81.2 Å². The number of hydrogen-bond donors (Lipinski definition) is 1. The molecule has 0 aliphatic rings. The molecule has 0 spiro atoms. The molecule has 2 rings (SSSR count). The van der Waals surface area contributed by atoms with Gasteiger partial charge in [0.05, 0.1) is 11.5 Å². The summed E-state index contributed by atoms with van der Waals surface area (Å²) < 4.78 is 1.45. The lowest BCUT2D eigenvalue weighted by Gasteiger charge is -2.03. The molecule has 0 amide bonds. The van der Waals surface area contributed by atoms with E-state index in [1.54, 1.807) is 6.07 Å². The SMILES string of the molecule is O=[N+]([O-])c1cn(CCc2ccccc2Cl)nc1CO.